The average Bonchev–Trinajstić information content (AvgIpc) is 3.27. The van der Waals surface area contributed by atoms with Crippen molar-refractivity contribution in [3.8, 4) is 0 Å². The van der Waals surface area contributed by atoms with Crippen LogP contribution in [0.2, 0.25) is 0 Å². The smallest absolute Gasteiger partial charge is 0.263 e. The molecule has 24 heavy (non-hydrogen) atoms. The van der Waals surface area contributed by atoms with E-state index in [-0.39, 0.29) is 23.0 Å². The lowest BCUT2D eigenvalue weighted by atomic mass is 10.2. The maximum absolute atomic E-state index is 12.5. The van der Waals surface area contributed by atoms with Crippen molar-refractivity contribution in [1.29, 1.82) is 0 Å². The molecule has 8 nitrogen and oxygen atoms in total. The predicted molar refractivity (Wildman–Crippen MR) is 88.3 cm³/mol. The molecule has 1 aliphatic heterocycles. The summed E-state index contributed by atoms with van der Waals surface area (Å²) in [6.07, 6.45) is 2.41. The minimum absolute atomic E-state index is 0.0831. The van der Waals surface area contributed by atoms with Gasteiger partial charge in [-0.15, -0.1) is 10.2 Å². The molecule has 1 saturated carbocycles. The quantitative estimate of drug-likeness (QED) is 0.754. The summed E-state index contributed by atoms with van der Waals surface area (Å²) < 4.78 is 27.3. The van der Waals surface area contributed by atoms with Crippen LogP contribution in [0.5, 0.6) is 0 Å². The second kappa shape index (κ2) is 5.45. The molecule has 0 atom stereocenters. The van der Waals surface area contributed by atoms with Crippen molar-refractivity contribution >= 4 is 33.3 Å². The number of amides is 1. The Morgan fingerprint density at radius 3 is 2.54 bits per heavy atom. The molecule has 0 spiro atoms. The first-order chi connectivity index (χ1) is 11.5. The fourth-order valence-electron chi connectivity index (χ4n) is 2.47. The number of fused-ring (bicyclic) bond motifs is 1. The normalized spacial score (nSPS) is 16.4. The van der Waals surface area contributed by atoms with E-state index in [2.05, 4.69) is 25.6 Å². The van der Waals surface area contributed by atoms with Crippen molar-refractivity contribution in [3.05, 3.63) is 35.9 Å². The summed E-state index contributed by atoms with van der Waals surface area (Å²) >= 11 is 0. The summed E-state index contributed by atoms with van der Waals surface area (Å²) in [7, 11) is -3.79. The number of anilines is 3. The monoisotopic (exact) mass is 345 g/mol. The summed E-state index contributed by atoms with van der Waals surface area (Å²) in [6.45, 7) is 0. The number of aromatic nitrogens is 2. The lowest BCUT2D eigenvalue weighted by Gasteiger charge is -2.09. The number of carbonyl (C=O) groups excluding carboxylic acids is 1. The van der Waals surface area contributed by atoms with Crippen LogP contribution in [0.3, 0.4) is 0 Å². The van der Waals surface area contributed by atoms with E-state index in [1.807, 2.05) is 0 Å². The van der Waals surface area contributed by atoms with Gasteiger partial charge in [0.25, 0.3) is 10.0 Å². The molecule has 0 unspecified atom stereocenters. The number of benzene rings is 1. The zero-order valence-electron chi connectivity index (χ0n) is 12.6. The standard InChI is InChI=1S/C15H15N5O3S/c21-15-8-9-7-11(3-4-12(9)17-15)24(22,23)20-14-6-5-13(18-19-14)16-10-1-2-10/h3-7,10H,1-2,8H2,(H,16,18)(H,17,21)(H,19,20). The lowest BCUT2D eigenvalue weighted by Crippen LogP contribution is -2.15. The van der Waals surface area contributed by atoms with Gasteiger partial charge in [-0.05, 0) is 48.7 Å². The molecule has 1 aromatic carbocycles. The van der Waals surface area contributed by atoms with Gasteiger partial charge in [0.05, 0.1) is 11.3 Å². The Morgan fingerprint density at radius 2 is 1.83 bits per heavy atom. The summed E-state index contributed by atoms with van der Waals surface area (Å²) in [4.78, 5) is 11.4. The second-order valence-electron chi connectivity index (χ2n) is 5.87. The molecule has 9 heteroatoms. The number of sulfonamides is 1. The van der Waals surface area contributed by atoms with Crippen molar-refractivity contribution in [1.82, 2.24) is 10.2 Å². The van der Waals surface area contributed by atoms with Crippen LogP contribution in [-0.4, -0.2) is 30.6 Å². The summed E-state index contributed by atoms with van der Waals surface area (Å²) in [5.74, 6) is 0.630. The van der Waals surface area contributed by atoms with Gasteiger partial charge in [0.15, 0.2) is 5.82 Å². The number of rotatable bonds is 5. The van der Waals surface area contributed by atoms with Crippen LogP contribution in [0.4, 0.5) is 17.3 Å². The van der Waals surface area contributed by atoms with E-state index in [9.17, 15) is 13.2 Å². The van der Waals surface area contributed by atoms with Gasteiger partial charge in [-0.2, -0.15) is 0 Å². The first kappa shape index (κ1) is 14.9. The highest BCUT2D eigenvalue weighted by Gasteiger charge is 2.23. The van der Waals surface area contributed by atoms with Crippen LogP contribution in [0.25, 0.3) is 0 Å². The molecule has 1 fully saturated rings. The Hall–Kier alpha value is -2.68. The molecule has 1 aliphatic carbocycles. The highest BCUT2D eigenvalue weighted by Crippen LogP contribution is 2.27. The zero-order chi connectivity index (χ0) is 16.7. The van der Waals surface area contributed by atoms with Crippen molar-refractivity contribution in [2.24, 2.45) is 0 Å². The zero-order valence-corrected chi connectivity index (χ0v) is 13.4. The number of carbonyl (C=O) groups is 1. The largest absolute Gasteiger partial charge is 0.366 e. The molecule has 3 N–H and O–H groups in total. The second-order valence-corrected chi connectivity index (χ2v) is 7.55. The van der Waals surface area contributed by atoms with E-state index in [4.69, 9.17) is 0 Å². The molecule has 4 rings (SSSR count). The molecule has 124 valence electrons. The minimum atomic E-state index is -3.79. The number of hydrogen-bond acceptors (Lipinski definition) is 6. The van der Waals surface area contributed by atoms with Crippen LogP contribution in [0.1, 0.15) is 18.4 Å². The first-order valence-electron chi connectivity index (χ1n) is 7.55. The van der Waals surface area contributed by atoms with Crippen molar-refractivity contribution < 1.29 is 13.2 Å². The van der Waals surface area contributed by atoms with Gasteiger partial charge in [-0.3, -0.25) is 9.52 Å². The highest BCUT2D eigenvalue weighted by atomic mass is 32.2. The Kier molecular flexibility index (Phi) is 3.38. The molecule has 2 aromatic rings. The molecule has 0 bridgehead atoms. The van der Waals surface area contributed by atoms with Gasteiger partial charge in [0, 0.05) is 11.7 Å². The van der Waals surface area contributed by atoms with Crippen molar-refractivity contribution in [2.45, 2.75) is 30.2 Å². The van der Waals surface area contributed by atoms with E-state index in [0.717, 1.165) is 12.8 Å². The molecule has 0 saturated heterocycles. The van der Waals surface area contributed by atoms with Crippen LogP contribution in [0, 0.1) is 0 Å². The van der Waals surface area contributed by atoms with E-state index in [0.29, 0.717) is 23.1 Å². The van der Waals surface area contributed by atoms with Gasteiger partial charge in [0.2, 0.25) is 5.91 Å². The van der Waals surface area contributed by atoms with E-state index in [1.165, 1.54) is 12.1 Å². The summed E-state index contributed by atoms with van der Waals surface area (Å²) in [6, 6.07) is 8.23. The third-order valence-corrected chi connectivity index (χ3v) is 5.20. The molecule has 1 amide bonds. The maximum atomic E-state index is 12.5. The first-order valence-corrected chi connectivity index (χ1v) is 9.04. The van der Waals surface area contributed by atoms with E-state index < -0.39 is 10.0 Å². The molecule has 2 heterocycles. The van der Waals surface area contributed by atoms with Crippen LogP contribution in [0.15, 0.2) is 35.2 Å². The Morgan fingerprint density at radius 1 is 1.08 bits per heavy atom. The Bertz CT molecular complexity index is 907. The van der Waals surface area contributed by atoms with Gasteiger partial charge in [-0.1, -0.05) is 0 Å². The van der Waals surface area contributed by atoms with Gasteiger partial charge in [-0.25, -0.2) is 8.42 Å². The topological polar surface area (TPSA) is 113 Å². The molecular weight excluding hydrogens is 330 g/mol. The molecule has 0 radical (unpaired) electrons. The SMILES string of the molecule is O=C1Cc2cc(S(=O)(=O)Nc3ccc(NC4CC4)nn3)ccc2N1. The average molecular weight is 345 g/mol. The minimum Gasteiger partial charge on any atom is -0.366 e. The van der Waals surface area contributed by atoms with Crippen LogP contribution < -0.4 is 15.4 Å². The van der Waals surface area contributed by atoms with Crippen LogP contribution >= 0.6 is 0 Å². The maximum Gasteiger partial charge on any atom is 0.263 e. The number of nitrogens with zero attached hydrogens (tertiary/aromatic N) is 2. The van der Waals surface area contributed by atoms with Gasteiger partial charge in [0.1, 0.15) is 5.82 Å². The Balaban J connectivity index is 1.52. The summed E-state index contributed by atoms with van der Waals surface area (Å²) in [5, 5.41) is 13.7. The highest BCUT2D eigenvalue weighted by molar-refractivity contribution is 7.92. The van der Waals surface area contributed by atoms with E-state index in [1.54, 1.807) is 18.2 Å². The van der Waals surface area contributed by atoms with Gasteiger partial charge < -0.3 is 10.6 Å². The lowest BCUT2D eigenvalue weighted by molar-refractivity contribution is -0.115. The fraction of sp³-hybridized carbons (Fsp3) is 0.267. The molecular formula is C15H15N5O3S. The predicted octanol–water partition coefficient (Wildman–Crippen LogP) is 1.35. The molecule has 2 aliphatic rings. The van der Waals surface area contributed by atoms with Gasteiger partial charge >= 0.3 is 0 Å². The number of nitrogens with one attached hydrogen (secondary N) is 3. The third kappa shape index (κ3) is 3.02. The number of hydrogen-bond donors (Lipinski definition) is 3. The van der Waals surface area contributed by atoms with E-state index >= 15 is 0 Å². The summed E-state index contributed by atoms with van der Waals surface area (Å²) in [5.41, 5.74) is 1.31. The van der Waals surface area contributed by atoms with Crippen molar-refractivity contribution in [2.75, 3.05) is 15.4 Å². The Labute approximate surface area is 138 Å². The molecule has 1 aromatic heterocycles. The van der Waals surface area contributed by atoms with Crippen LogP contribution in [-0.2, 0) is 21.2 Å². The fourth-order valence-corrected chi connectivity index (χ4v) is 3.52. The van der Waals surface area contributed by atoms with Crippen molar-refractivity contribution in [3.63, 3.8) is 0 Å². The third-order valence-electron chi connectivity index (χ3n) is 3.84.